The van der Waals surface area contributed by atoms with Gasteiger partial charge in [-0.15, -0.1) is 0 Å². The number of methoxy groups -OCH3 is 1. The minimum Gasteiger partial charge on any atom is -0.383 e. The van der Waals surface area contributed by atoms with Gasteiger partial charge in [0.15, 0.2) is 5.11 Å². The fourth-order valence-electron chi connectivity index (χ4n) is 3.15. The van der Waals surface area contributed by atoms with Crippen molar-refractivity contribution >= 4 is 44.6 Å². The van der Waals surface area contributed by atoms with Gasteiger partial charge < -0.3 is 19.7 Å². The highest BCUT2D eigenvalue weighted by Gasteiger charge is 2.27. The largest absolute Gasteiger partial charge is 0.383 e. The highest BCUT2D eigenvalue weighted by Crippen LogP contribution is 2.28. The number of thiocarbonyl (C=S) groups is 1. The molecule has 1 saturated heterocycles. The summed E-state index contributed by atoms with van der Waals surface area (Å²) < 4.78 is 37.9. The molecular formula is C21H26ClN3O4S2. The first-order valence-corrected chi connectivity index (χ1v) is 12.1. The predicted octanol–water partition coefficient (Wildman–Crippen LogP) is 3.21. The zero-order valence-corrected chi connectivity index (χ0v) is 19.7. The van der Waals surface area contributed by atoms with Crippen molar-refractivity contribution in [2.75, 3.05) is 51.9 Å². The van der Waals surface area contributed by atoms with E-state index in [1.54, 1.807) is 13.2 Å². The Morgan fingerprint density at radius 2 is 1.94 bits per heavy atom. The van der Waals surface area contributed by atoms with Gasteiger partial charge in [0.05, 0.1) is 35.4 Å². The Balaban J connectivity index is 1.79. The molecule has 1 aliphatic heterocycles. The summed E-state index contributed by atoms with van der Waals surface area (Å²) in [7, 11) is -2.01. The molecule has 0 bridgehead atoms. The fourth-order valence-corrected chi connectivity index (χ4v) is 5.01. The summed E-state index contributed by atoms with van der Waals surface area (Å²) in [4.78, 5) is 2.11. The number of morpholine rings is 1. The number of anilines is 1. The zero-order chi connectivity index (χ0) is 22.3. The summed E-state index contributed by atoms with van der Waals surface area (Å²) >= 11 is 12.0. The Kier molecular flexibility index (Phi) is 8.65. The van der Waals surface area contributed by atoms with Crippen molar-refractivity contribution in [2.45, 2.75) is 11.4 Å². The van der Waals surface area contributed by atoms with Gasteiger partial charge in [-0.2, -0.15) is 4.31 Å². The summed E-state index contributed by atoms with van der Waals surface area (Å²) in [6.07, 6.45) is 0. The minimum absolute atomic E-state index is 0.163. The van der Waals surface area contributed by atoms with E-state index < -0.39 is 10.0 Å². The molecule has 2 aromatic rings. The lowest BCUT2D eigenvalue weighted by atomic mass is 10.2. The molecule has 0 saturated carbocycles. The second-order valence-electron chi connectivity index (χ2n) is 6.99. The third-order valence-electron chi connectivity index (χ3n) is 4.86. The highest BCUT2D eigenvalue weighted by atomic mass is 35.5. The molecule has 0 unspecified atom stereocenters. The second-order valence-corrected chi connectivity index (χ2v) is 9.72. The molecule has 0 aromatic heterocycles. The van der Waals surface area contributed by atoms with Crippen LogP contribution in [0.15, 0.2) is 53.4 Å². The van der Waals surface area contributed by atoms with Crippen LogP contribution in [0.25, 0.3) is 0 Å². The standard InChI is InChI=1S/C21H26ClN3O4S2/c1-28-12-9-24(16-17-5-3-2-4-6-17)21(30)23-20-15-18(7-8-19(20)22)31(26,27)25-10-13-29-14-11-25/h2-8,15H,9-14,16H2,1H3,(H,23,30). The van der Waals surface area contributed by atoms with Crippen LogP contribution < -0.4 is 5.32 Å². The van der Waals surface area contributed by atoms with Crippen LogP contribution in [0, 0.1) is 0 Å². The number of nitrogens with zero attached hydrogens (tertiary/aromatic N) is 2. The van der Waals surface area contributed by atoms with E-state index in [4.69, 9.17) is 33.3 Å². The van der Waals surface area contributed by atoms with Gasteiger partial charge in [0.1, 0.15) is 0 Å². The van der Waals surface area contributed by atoms with E-state index >= 15 is 0 Å². The normalized spacial score (nSPS) is 14.9. The minimum atomic E-state index is -3.64. The fraction of sp³-hybridized carbons (Fsp3) is 0.381. The average Bonchev–Trinajstić information content (AvgIpc) is 2.79. The van der Waals surface area contributed by atoms with Crippen LogP contribution in [0.4, 0.5) is 5.69 Å². The Morgan fingerprint density at radius 3 is 2.61 bits per heavy atom. The van der Waals surface area contributed by atoms with E-state index in [1.165, 1.54) is 16.4 Å². The zero-order valence-electron chi connectivity index (χ0n) is 17.3. The number of ether oxygens (including phenoxy) is 2. The summed E-state index contributed by atoms with van der Waals surface area (Å²) in [5.74, 6) is 0. The summed E-state index contributed by atoms with van der Waals surface area (Å²) in [5.41, 5.74) is 1.54. The number of nitrogens with one attached hydrogen (secondary N) is 1. The van der Waals surface area contributed by atoms with Gasteiger partial charge in [-0.3, -0.25) is 0 Å². The average molecular weight is 484 g/mol. The van der Waals surface area contributed by atoms with Crippen LogP contribution in [0.5, 0.6) is 0 Å². The Bertz CT molecular complexity index is 983. The summed E-state index contributed by atoms with van der Waals surface area (Å²) in [6.45, 7) is 3.07. The van der Waals surface area contributed by atoms with E-state index in [-0.39, 0.29) is 4.90 Å². The molecule has 0 spiro atoms. The van der Waals surface area contributed by atoms with Gasteiger partial charge >= 0.3 is 0 Å². The lowest BCUT2D eigenvalue weighted by molar-refractivity contribution is 0.0730. The molecule has 0 atom stereocenters. The molecule has 1 fully saturated rings. The third kappa shape index (κ3) is 6.38. The molecule has 0 radical (unpaired) electrons. The molecule has 3 rings (SSSR count). The van der Waals surface area contributed by atoms with Crippen molar-refractivity contribution < 1.29 is 17.9 Å². The highest BCUT2D eigenvalue weighted by molar-refractivity contribution is 7.89. The Labute approximate surface area is 193 Å². The maximum absolute atomic E-state index is 13.0. The third-order valence-corrected chi connectivity index (χ3v) is 7.44. The number of benzene rings is 2. The molecule has 2 aromatic carbocycles. The summed E-state index contributed by atoms with van der Waals surface area (Å²) in [5, 5.41) is 3.94. The van der Waals surface area contributed by atoms with Crippen molar-refractivity contribution in [1.82, 2.24) is 9.21 Å². The van der Waals surface area contributed by atoms with Crippen molar-refractivity contribution in [1.29, 1.82) is 0 Å². The van der Waals surface area contributed by atoms with Crippen LogP contribution in [-0.4, -0.2) is 69.3 Å². The van der Waals surface area contributed by atoms with Crippen LogP contribution in [0.3, 0.4) is 0 Å². The molecule has 1 aliphatic rings. The van der Waals surface area contributed by atoms with E-state index in [1.807, 2.05) is 35.2 Å². The van der Waals surface area contributed by atoms with E-state index in [0.717, 1.165) is 5.56 Å². The first kappa shape index (κ1) is 23.9. The van der Waals surface area contributed by atoms with Gasteiger partial charge in [0.2, 0.25) is 10.0 Å². The first-order chi connectivity index (χ1) is 14.9. The lowest BCUT2D eigenvalue weighted by Crippen LogP contribution is -2.40. The first-order valence-electron chi connectivity index (χ1n) is 9.88. The number of hydrogen-bond acceptors (Lipinski definition) is 5. The van der Waals surface area contributed by atoms with Gasteiger partial charge in [-0.1, -0.05) is 41.9 Å². The number of rotatable bonds is 8. The van der Waals surface area contributed by atoms with Crippen LogP contribution >= 0.6 is 23.8 Å². The SMILES string of the molecule is COCCN(Cc1ccccc1)C(=S)Nc1cc(S(=O)(=O)N2CCOCC2)ccc1Cl. The Morgan fingerprint density at radius 1 is 1.23 bits per heavy atom. The molecule has 31 heavy (non-hydrogen) atoms. The number of sulfonamides is 1. The lowest BCUT2D eigenvalue weighted by Gasteiger charge is -2.27. The molecule has 10 heteroatoms. The quantitative estimate of drug-likeness (QED) is 0.578. The van der Waals surface area contributed by atoms with Gasteiger partial charge in [0.25, 0.3) is 0 Å². The van der Waals surface area contributed by atoms with Crippen LogP contribution in [0.2, 0.25) is 5.02 Å². The van der Waals surface area contributed by atoms with Gasteiger partial charge in [0, 0.05) is 33.3 Å². The molecule has 0 amide bonds. The molecule has 1 heterocycles. The van der Waals surface area contributed by atoms with Crippen LogP contribution in [0.1, 0.15) is 5.56 Å². The summed E-state index contributed by atoms with van der Waals surface area (Å²) in [6, 6.07) is 14.5. The number of hydrogen-bond donors (Lipinski definition) is 1. The topological polar surface area (TPSA) is 71.1 Å². The van der Waals surface area contributed by atoms with Gasteiger partial charge in [-0.25, -0.2) is 8.42 Å². The monoisotopic (exact) mass is 483 g/mol. The maximum Gasteiger partial charge on any atom is 0.243 e. The molecule has 7 nitrogen and oxygen atoms in total. The van der Waals surface area contributed by atoms with Crippen LogP contribution in [-0.2, 0) is 26.0 Å². The van der Waals surface area contributed by atoms with Crippen molar-refractivity contribution in [3.05, 3.63) is 59.1 Å². The van der Waals surface area contributed by atoms with Gasteiger partial charge in [-0.05, 0) is 36.0 Å². The van der Waals surface area contributed by atoms with E-state index in [0.29, 0.717) is 61.8 Å². The van der Waals surface area contributed by atoms with Crippen molar-refractivity contribution in [3.8, 4) is 0 Å². The number of halogens is 1. The second kappa shape index (κ2) is 11.2. The van der Waals surface area contributed by atoms with Crippen molar-refractivity contribution in [3.63, 3.8) is 0 Å². The Hall–Kier alpha value is -1.75. The predicted molar refractivity (Wildman–Crippen MR) is 126 cm³/mol. The molecular weight excluding hydrogens is 458 g/mol. The molecule has 168 valence electrons. The molecule has 1 N–H and O–H groups in total. The maximum atomic E-state index is 13.0. The van der Waals surface area contributed by atoms with E-state index in [2.05, 4.69) is 5.32 Å². The van der Waals surface area contributed by atoms with Crippen molar-refractivity contribution in [2.24, 2.45) is 0 Å². The smallest absolute Gasteiger partial charge is 0.243 e. The molecule has 0 aliphatic carbocycles. The van der Waals surface area contributed by atoms with E-state index in [9.17, 15) is 8.42 Å².